The fraction of sp³-hybridized carbons (Fsp3) is 0.565. The number of sulfonamides is 1. The Hall–Kier alpha value is -2.30. The Bertz CT molecular complexity index is 1020. The average molecular weight is 480 g/mol. The molecule has 1 fully saturated rings. The van der Waals surface area contributed by atoms with Crippen molar-refractivity contribution in [2.24, 2.45) is 0 Å². The largest absolute Gasteiger partial charge is 0.494 e. The highest BCUT2D eigenvalue weighted by atomic mass is 32.2. The van der Waals surface area contributed by atoms with Crippen LogP contribution in [-0.2, 0) is 10.0 Å². The Balaban J connectivity index is 1.58. The summed E-state index contributed by atoms with van der Waals surface area (Å²) in [5.41, 5.74) is 2.16. The van der Waals surface area contributed by atoms with Crippen LogP contribution in [0.3, 0.4) is 0 Å². The van der Waals surface area contributed by atoms with Crippen LogP contribution >= 0.6 is 0 Å². The summed E-state index contributed by atoms with van der Waals surface area (Å²) in [6.45, 7) is 5.91. The topological polar surface area (TPSA) is 96.5 Å². The van der Waals surface area contributed by atoms with E-state index in [2.05, 4.69) is 38.8 Å². The minimum atomic E-state index is -3.20. The lowest BCUT2D eigenvalue weighted by atomic mass is 9.99. The molecule has 1 heterocycles. The number of hydrogen-bond donors (Lipinski definition) is 2. The van der Waals surface area contributed by atoms with Crippen LogP contribution in [0.5, 0.6) is 5.75 Å². The lowest BCUT2D eigenvalue weighted by Gasteiger charge is -2.34. The second kappa shape index (κ2) is 11.2. The zero-order valence-corrected chi connectivity index (χ0v) is 20.5. The summed E-state index contributed by atoms with van der Waals surface area (Å²) in [5, 5.41) is 3.02. The molecule has 182 valence electrons. The van der Waals surface area contributed by atoms with Crippen molar-refractivity contribution in [3.05, 3.63) is 47.5 Å². The third kappa shape index (κ3) is 6.84. The molecular formula is C23H34FN5O3S. The fourth-order valence-electron chi connectivity index (χ4n) is 4.59. The minimum absolute atomic E-state index is 0.150. The van der Waals surface area contributed by atoms with Gasteiger partial charge in [0.25, 0.3) is 0 Å². The van der Waals surface area contributed by atoms with Gasteiger partial charge in [-0.05, 0) is 61.9 Å². The van der Waals surface area contributed by atoms with E-state index in [9.17, 15) is 12.8 Å². The highest BCUT2D eigenvalue weighted by molar-refractivity contribution is 7.88. The van der Waals surface area contributed by atoms with Gasteiger partial charge in [-0.15, -0.1) is 0 Å². The fourth-order valence-corrected chi connectivity index (χ4v) is 5.06. The van der Waals surface area contributed by atoms with Crippen molar-refractivity contribution in [1.29, 1.82) is 0 Å². The van der Waals surface area contributed by atoms with Crippen molar-refractivity contribution < 1.29 is 17.5 Å². The summed E-state index contributed by atoms with van der Waals surface area (Å²) in [7, 11) is -1.71. The van der Waals surface area contributed by atoms with Gasteiger partial charge < -0.3 is 10.1 Å². The van der Waals surface area contributed by atoms with Gasteiger partial charge >= 0.3 is 0 Å². The maximum Gasteiger partial charge on any atom is 0.222 e. The molecule has 1 aliphatic rings. The van der Waals surface area contributed by atoms with Crippen LogP contribution in [0.25, 0.3) is 0 Å². The smallest absolute Gasteiger partial charge is 0.222 e. The van der Waals surface area contributed by atoms with E-state index in [1.807, 2.05) is 18.5 Å². The van der Waals surface area contributed by atoms with Crippen molar-refractivity contribution in [3.8, 4) is 5.75 Å². The molecule has 3 unspecified atom stereocenters. The molecule has 2 aromatic rings. The molecule has 1 aromatic heterocycles. The van der Waals surface area contributed by atoms with E-state index >= 15 is 0 Å². The van der Waals surface area contributed by atoms with E-state index in [0.29, 0.717) is 24.5 Å². The maximum atomic E-state index is 13.8. The lowest BCUT2D eigenvalue weighted by molar-refractivity contribution is 0.153. The Morgan fingerprint density at radius 2 is 1.97 bits per heavy atom. The van der Waals surface area contributed by atoms with Crippen LogP contribution in [0.2, 0.25) is 0 Å². The monoisotopic (exact) mass is 479 g/mol. The van der Waals surface area contributed by atoms with Gasteiger partial charge in [-0.1, -0.05) is 13.0 Å². The molecule has 0 bridgehead atoms. The maximum absolute atomic E-state index is 13.8. The molecule has 0 aliphatic heterocycles. The van der Waals surface area contributed by atoms with Gasteiger partial charge in [0, 0.05) is 37.6 Å². The number of methoxy groups -OCH3 is 1. The van der Waals surface area contributed by atoms with Crippen LogP contribution in [-0.4, -0.2) is 62.3 Å². The van der Waals surface area contributed by atoms with Gasteiger partial charge in [0.05, 0.1) is 13.4 Å². The number of ether oxygens (including phenoxy) is 1. The quantitative estimate of drug-likeness (QED) is 0.477. The van der Waals surface area contributed by atoms with E-state index in [0.717, 1.165) is 43.2 Å². The molecule has 3 rings (SSSR count). The van der Waals surface area contributed by atoms with Gasteiger partial charge in [0.15, 0.2) is 11.6 Å². The number of anilines is 1. The number of nitrogens with zero attached hydrogens (tertiary/aromatic N) is 3. The summed E-state index contributed by atoms with van der Waals surface area (Å²) < 4.78 is 43.6. The van der Waals surface area contributed by atoms with Crippen molar-refractivity contribution in [3.63, 3.8) is 0 Å². The first-order valence-corrected chi connectivity index (χ1v) is 13.2. The predicted molar refractivity (Wildman–Crippen MR) is 127 cm³/mol. The summed E-state index contributed by atoms with van der Waals surface area (Å²) >= 11 is 0. The molecule has 2 N–H and O–H groups in total. The normalized spacial score (nSPS) is 19.6. The number of nitrogens with one attached hydrogen (secondary N) is 2. The molecule has 0 radical (unpaired) electrons. The Kier molecular flexibility index (Phi) is 8.61. The molecule has 1 aromatic carbocycles. The van der Waals surface area contributed by atoms with Crippen molar-refractivity contribution in [2.45, 2.75) is 51.1 Å². The molecule has 8 nitrogen and oxygen atoms in total. The molecule has 0 saturated heterocycles. The Morgan fingerprint density at radius 3 is 2.61 bits per heavy atom. The first-order valence-electron chi connectivity index (χ1n) is 11.3. The number of rotatable bonds is 11. The number of halogens is 1. The van der Waals surface area contributed by atoms with Crippen LogP contribution in [0, 0.1) is 5.82 Å². The van der Waals surface area contributed by atoms with Crippen LogP contribution in [0.4, 0.5) is 10.3 Å². The Labute approximate surface area is 196 Å². The van der Waals surface area contributed by atoms with E-state index in [1.165, 1.54) is 13.2 Å². The van der Waals surface area contributed by atoms with Gasteiger partial charge in [0.1, 0.15) is 0 Å². The first-order chi connectivity index (χ1) is 15.7. The molecule has 0 spiro atoms. The second-order valence-electron chi connectivity index (χ2n) is 8.50. The Morgan fingerprint density at radius 1 is 1.24 bits per heavy atom. The van der Waals surface area contributed by atoms with Crippen LogP contribution in [0.15, 0.2) is 30.6 Å². The minimum Gasteiger partial charge on any atom is -0.494 e. The zero-order chi connectivity index (χ0) is 24.0. The summed E-state index contributed by atoms with van der Waals surface area (Å²) in [6, 6.07) is 5.67. The van der Waals surface area contributed by atoms with Crippen molar-refractivity contribution in [1.82, 2.24) is 19.6 Å². The standard InChI is InChI=1S/C23H34FN5O3S/c1-5-29(16(2)17-7-9-21(24)22(13-17)32-3)20-8-6-18(12-20)19-14-26-23(27-15-19)25-10-11-28-33(4,30)31/h7,9,13-16,18,20,28H,5-6,8,10-12H2,1-4H3,(H,25,26,27). The molecule has 1 saturated carbocycles. The van der Waals surface area contributed by atoms with Gasteiger partial charge in [0.2, 0.25) is 16.0 Å². The first kappa shape index (κ1) is 25.3. The van der Waals surface area contributed by atoms with E-state index in [4.69, 9.17) is 4.74 Å². The van der Waals surface area contributed by atoms with E-state index < -0.39 is 10.0 Å². The summed E-state index contributed by atoms with van der Waals surface area (Å²) in [6.07, 6.45) is 8.01. The number of hydrogen-bond acceptors (Lipinski definition) is 7. The van der Waals surface area contributed by atoms with Crippen LogP contribution in [0.1, 0.15) is 56.2 Å². The summed E-state index contributed by atoms with van der Waals surface area (Å²) in [4.78, 5) is 11.3. The van der Waals surface area contributed by atoms with Crippen molar-refractivity contribution >= 4 is 16.0 Å². The van der Waals surface area contributed by atoms with Gasteiger partial charge in [-0.2, -0.15) is 0 Å². The molecule has 0 amide bonds. The third-order valence-corrected chi connectivity index (χ3v) is 7.04. The predicted octanol–water partition coefficient (Wildman–Crippen LogP) is 3.30. The third-order valence-electron chi connectivity index (χ3n) is 6.31. The molecule has 10 heteroatoms. The van der Waals surface area contributed by atoms with Gasteiger partial charge in [-0.3, -0.25) is 4.90 Å². The van der Waals surface area contributed by atoms with E-state index in [-0.39, 0.29) is 24.2 Å². The van der Waals surface area contributed by atoms with Crippen molar-refractivity contribution in [2.75, 3.05) is 38.3 Å². The number of aromatic nitrogens is 2. The van der Waals surface area contributed by atoms with Gasteiger partial charge in [-0.25, -0.2) is 27.5 Å². The molecule has 1 aliphatic carbocycles. The molecule has 3 atom stereocenters. The SMILES string of the molecule is CCN(C1CCC(c2cnc(NCCNS(C)(=O)=O)nc2)C1)C(C)c1ccc(F)c(OC)c1. The second-order valence-corrected chi connectivity index (χ2v) is 10.3. The number of benzene rings is 1. The highest BCUT2D eigenvalue weighted by Gasteiger charge is 2.32. The highest BCUT2D eigenvalue weighted by Crippen LogP contribution is 2.39. The molecule has 33 heavy (non-hydrogen) atoms. The van der Waals surface area contributed by atoms with E-state index in [1.54, 1.807) is 6.07 Å². The summed E-state index contributed by atoms with van der Waals surface area (Å²) in [5.74, 6) is 0.803. The zero-order valence-electron chi connectivity index (χ0n) is 19.7. The lowest BCUT2D eigenvalue weighted by Crippen LogP contribution is -2.35. The molecular weight excluding hydrogens is 445 g/mol. The average Bonchev–Trinajstić information content (AvgIpc) is 3.27. The van der Waals surface area contributed by atoms with Crippen LogP contribution < -0.4 is 14.8 Å².